The van der Waals surface area contributed by atoms with Gasteiger partial charge in [0.05, 0.1) is 0 Å². The minimum atomic E-state index is -0.732. The summed E-state index contributed by atoms with van der Waals surface area (Å²) in [5.74, 6) is -2.11. The first kappa shape index (κ1) is 19.9. The fraction of sp³-hybridized carbons (Fsp3) is 0.400. The molecule has 0 spiro atoms. The van der Waals surface area contributed by atoms with Crippen molar-refractivity contribution in [1.82, 2.24) is 20.6 Å². The standard InChI is InChI=1S/C20H22F2N4O2/c21-17-10-14(6-8-23-17)19(27)25-12-16(13-4-2-1-3-5-13)26-20(28)15-7-9-24-18(22)11-15/h6-11,13,16H,1-5,12H2,(H,25,27)(H,26,28). The van der Waals surface area contributed by atoms with E-state index in [2.05, 4.69) is 20.6 Å². The number of nitrogens with zero attached hydrogens (tertiary/aromatic N) is 2. The Morgan fingerprint density at radius 2 is 1.54 bits per heavy atom. The molecule has 1 aliphatic carbocycles. The lowest BCUT2D eigenvalue weighted by molar-refractivity contribution is 0.0882. The summed E-state index contributed by atoms with van der Waals surface area (Å²) in [5.41, 5.74) is 0.341. The lowest BCUT2D eigenvalue weighted by Gasteiger charge is -2.31. The van der Waals surface area contributed by atoms with Gasteiger partial charge in [0.25, 0.3) is 11.8 Å². The average Bonchev–Trinajstić information content (AvgIpc) is 2.71. The van der Waals surface area contributed by atoms with E-state index in [0.717, 1.165) is 44.2 Å². The molecule has 2 amide bonds. The molecule has 2 aromatic heterocycles. The maximum absolute atomic E-state index is 13.3. The monoisotopic (exact) mass is 388 g/mol. The topological polar surface area (TPSA) is 84.0 Å². The first-order valence-electron chi connectivity index (χ1n) is 9.35. The molecule has 1 saturated carbocycles. The van der Waals surface area contributed by atoms with Crippen molar-refractivity contribution in [2.75, 3.05) is 6.54 Å². The molecule has 3 rings (SSSR count). The number of rotatable bonds is 6. The van der Waals surface area contributed by atoms with E-state index in [1.54, 1.807) is 0 Å². The Bertz CT molecular complexity index is 840. The number of hydrogen-bond donors (Lipinski definition) is 2. The van der Waals surface area contributed by atoms with Crippen molar-refractivity contribution in [2.45, 2.75) is 38.1 Å². The number of aromatic nitrogens is 2. The van der Waals surface area contributed by atoms with Crippen LogP contribution in [-0.2, 0) is 0 Å². The highest BCUT2D eigenvalue weighted by molar-refractivity contribution is 5.95. The maximum atomic E-state index is 13.3. The fourth-order valence-electron chi connectivity index (χ4n) is 3.52. The van der Waals surface area contributed by atoms with E-state index in [0.29, 0.717) is 0 Å². The van der Waals surface area contributed by atoms with Gasteiger partial charge in [0.15, 0.2) is 0 Å². The van der Waals surface area contributed by atoms with Gasteiger partial charge in [-0.3, -0.25) is 9.59 Å². The van der Waals surface area contributed by atoms with Crippen molar-refractivity contribution in [3.8, 4) is 0 Å². The molecular weight excluding hydrogens is 366 g/mol. The second-order valence-electron chi connectivity index (χ2n) is 6.92. The van der Waals surface area contributed by atoms with Gasteiger partial charge in [-0.2, -0.15) is 8.78 Å². The summed E-state index contributed by atoms with van der Waals surface area (Å²) in [7, 11) is 0. The van der Waals surface area contributed by atoms with Crippen LogP contribution in [0, 0.1) is 17.8 Å². The third-order valence-electron chi connectivity index (χ3n) is 5.00. The fourth-order valence-corrected chi connectivity index (χ4v) is 3.52. The van der Waals surface area contributed by atoms with E-state index in [4.69, 9.17) is 0 Å². The highest BCUT2D eigenvalue weighted by Gasteiger charge is 2.26. The number of carbonyl (C=O) groups excluding carboxylic acids is 2. The van der Waals surface area contributed by atoms with Crippen molar-refractivity contribution in [2.24, 2.45) is 5.92 Å². The van der Waals surface area contributed by atoms with Crippen LogP contribution >= 0.6 is 0 Å². The molecule has 6 nitrogen and oxygen atoms in total. The molecule has 0 saturated heterocycles. The summed E-state index contributed by atoms with van der Waals surface area (Å²) in [6, 6.07) is 4.69. The molecule has 1 atom stereocenters. The van der Waals surface area contributed by atoms with E-state index in [1.807, 2.05) is 0 Å². The minimum absolute atomic E-state index is 0.164. The van der Waals surface area contributed by atoms with E-state index in [1.165, 1.54) is 24.5 Å². The largest absolute Gasteiger partial charge is 0.350 e. The van der Waals surface area contributed by atoms with Crippen LogP contribution in [0.5, 0.6) is 0 Å². The Kier molecular flexibility index (Phi) is 6.62. The molecule has 1 fully saturated rings. The molecule has 0 radical (unpaired) electrons. The third kappa shape index (κ3) is 5.31. The minimum Gasteiger partial charge on any atom is -0.350 e. The summed E-state index contributed by atoms with van der Waals surface area (Å²) in [6.07, 6.45) is 7.61. The highest BCUT2D eigenvalue weighted by atomic mass is 19.1. The predicted molar refractivity (Wildman–Crippen MR) is 98.6 cm³/mol. The number of halogens is 2. The van der Waals surface area contributed by atoms with Gasteiger partial charge in [0.2, 0.25) is 11.9 Å². The smallest absolute Gasteiger partial charge is 0.251 e. The Morgan fingerprint density at radius 1 is 0.964 bits per heavy atom. The zero-order valence-corrected chi connectivity index (χ0v) is 15.3. The van der Waals surface area contributed by atoms with Crippen LogP contribution in [0.2, 0.25) is 0 Å². The molecule has 2 aromatic rings. The normalized spacial score (nSPS) is 15.6. The second kappa shape index (κ2) is 9.34. The first-order valence-corrected chi connectivity index (χ1v) is 9.35. The summed E-state index contributed by atoms with van der Waals surface area (Å²) >= 11 is 0. The Balaban J connectivity index is 1.68. The zero-order chi connectivity index (χ0) is 19.9. The maximum Gasteiger partial charge on any atom is 0.251 e. The molecular formula is C20H22F2N4O2. The van der Waals surface area contributed by atoms with E-state index < -0.39 is 23.7 Å². The van der Waals surface area contributed by atoms with Gasteiger partial charge < -0.3 is 10.6 Å². The molecule has 28 heavy (non-hydrogen) atoms. The number of carbonyl (C=O) groups is 2. The van der Waals surface area contributed by atoms with Gasteiger partial charge in [-0.25, -0.2) is 9.97 Å². The van der Waals surface area contributed by atoms with Crippen LogP contribution < -0.4 is 10.6 Å². The van der Waals surface area contributed by atoms with E-state index >= 15 is 0 Å². The number of nitrogens with one attached hydrogen (secondary N) is 2. The molecule has 148 valence electrons. The first-order chi connectivity index (χ1) is 13.5. The van der Waals surface area contributed by atoms with Crippen LogP contribution in [-0.4, -0.2) is 34.4 Å². The highest BCUT2D eigenvalue weighted by Crippen LogP contribution is 2.26. The van der Waals surface area contributed by atoms with Crippen molar-refractivity contribution < 1.29 is 18.4 Å². The van der Waals surface area contributed by atoms with Gasteiger partial charge in [-0.05, 0) is 30.9 Å². The Hall–Kier alpha value is -2.90. The van der Waals surface area contributed by atoms with Crippen LogP contribution in [0.25, 0.3) is 0 Å². The van der Waals surface area contributed by atoms with Crippen LogP contribution in [0.1, 0.15) is 52.8 Å². The van der Waals surface area contributed by atoms with E-state index in [9.17, 15) is 18.4 Å². The zero-order valence-electron chi connectivity index (χ0n) is 15.3. The molecule has 1 unspecified atom stereocenters. The Labute approximate surface area is 161 Å². The summed E-state index contributed by atoms with van der Waals surface area (Å²) in [6.45, 7) is 0.201. The SMILES string of the molecule is O=C(NCC(NC(=O)c1ccnc(F)c1)C1CCCCC1)c1ccnc(F)c1. The molecule has 2 N–H and O–H groups in total. The van der Waals surface area contributed by atoms with Crippen molar-refractivity contribution in [1.29, 1.82) is 0 Å². The quantitative estimate of drug-likeness (QED) is 0.746. The van der Waals surface area contributed by atoms with Gasteiger partial charge in [0.1, 0.15) is 0 Å². The van der Waals surface area contributed by atoms with Gasteiger partial charge in [0, 0.05) is 48.2 Å². The van der Waals surface area contributed by atoms with Crippen molar-refractivity contribution in [3.63, 3.8) is 0 Å². The molecule has 8 heteroatoms. The lowest BCUT2D eigenvalue weighted by Crippen LogP contribution is -2.48. The van der Waals surface area contributed by atoms with Crippen molar-refractivity contribution >= 4 is 11.8 Å². The van der Waals surface area contributed by atoms with Gasteiger partial charge >= 0.3 is 0 Å². The van der Waals surface area contributed by atoms with Crippen molar-refractivity contribution in [3.05, 3.63) is 59.7 Å². The number of pyridine rings is 2. The van der Waals surface area contributed by atoms with Gasteiger partial charge in [-0.1, -0.05) is 19.3 Å². The number of amides is 2. The molecule has 2 heterocycles. The summed E-state index contributed by atoms with van der Waals surface area (Å²) < 4.78 is 26.5. The second-order valence-corrected chi connectivity index (χ2v) is 6.92. The van der Waals surface area contributed by atoms with Crippen LogP contribution in [0.3, 0.4) is 0 Å². The molecule has 1 aliphatic rings. The summed E-state index contributed by atoms with van der Waals surface area (Å²) in [5, 5.41) is 5.67. The Morgan fingerprint density at radius 3 is 2.11 bits per heavy atom. The predicted octanol–water partition coefficient (Wildman–Crippen LogP) is 2.86. The number of hydrogen-bond acceptors (Lipinski definition) is 4. The van der Waals surface area contributed by atoms with Crippen LogP contribution in [0.15, 0.2) is 36.7 Å². The van der Waals surface area contributed by atoms with E-state index in [-0.39, 0.29) is 29.6 Å². The van der Waals surface area contributed by atoms with Gasteiger partial charge in [-0.15, -0.1) is 0 Å². The molecule has 0 aromatic carbocycles. The lowest BCUT2D eigenvalue weighted by atomic mass is 9.83. The molecule has 0 bridgehead atoms. The third-order valence-corrected chi connectivity index (χ3v) is 5.00. The van der Waals surface area contributed by atoms with Crippen LogP contribution in [0.4, 0.5) is 8.78 Å². The summed E-state index contributed by atoms with van der Waals surface area (Å²) in [4.78, 5) is 31.7. The average molecular weight is 388 g/mol. The molecule has 0 aliphatic heterocycles.